The molecular weight excluding hydrogens is 480 g/mol. The Hall–Kier alpha value is -3.88. The molecule has 1 saturated carbocycles. The highest BCUT2D eigenvalue weighted by atomic mass is 16.5. The minimum absolute atomic E-state index is 0.211. The summed E-state index contributed by atoms with van der Waals surface area (Å²) < 4.78 is 10.8. The van der Waals surface area contributed by atoms with Crippen LogP contribution in [0.5, 0.6) is 0 Å². The fourth-order valence-electron chi connectivity index (χ4n) is 4.73. The van der Waals surface area contributed by atoms with Crippen LogP contribution < -0.4 is 21.7 Å². The highest BCUT2D eigenvalue weighted by Crippen LogP contribution is 2.41. The Morgan fingerprint density at radius 3 is 2.37 bits per heavy atom. The number of nitrogen functional groups attached to an aromatic ring is 1. The number of anilines is 2. The van der Waals surface area contributed by atoms with Gasteiger partial charge >= 0.3 is 6.09 Å². The van der Waals surface area contributed by atoms with Crippen LogP contribution in [0.1, 0.15) is 52.2 Å². The molecule has 8 nitrogen and oxygen atoms in total. The number of hydrogen-bond donors (Lipinski definition) is 4. The molecule has 3 aromatic rings. The van der Waals surface area contributed by atoms with Gasteiger partial charge in [-0.25, -0.2) is 4.79 Å². The standard InChI is InChI=1S/C30H34N4O4/c31-26-3-1-2-4-27(26)34-29(35)23-11-5-20(6-12-23)18-32-30(36)38-19-21-7-9-22(10-8-21)25-17-28(25)33-24-13-15-37-16-14-24/h1-12,24-25,28,33H,13-19,31H2,(H,32,36)(H,34,35)/t25?,28-/m0/s1. The number of para-hydroxylation sites is 2. The van der Waals surface area contributed by atoms with Crippen LogP contribution in [0.15, 0.2) is 72.8 Å². The van der Waals surface area contributed by atoms with Crippen molar-refractivity contribution >= 4 is 23.4 Å². The third-order valence-corrected chi connectivity index (χ3v) is 7.10. The van der Waals surface area contributed by atoms with Gasteiger partial charge in [0.05, 0.1) is 11.4 Å². The molecule has 1 aliphatic carbocycles. The summed E-state index contributed by atoms with van der Waals surface area (Å²) >= 11 is 0. The van der Waals surface area contributed by atoms with Crippen LogP contribution in [0.2, 0.25) is 0 Å². The zero-order valence-electron chi connectivity index (χ0n) is 21.3. The first-order valence-electron chi connectivity index (χ1n) is 13.1. The molecule has 0 radical (unpaired) electrons. The van der Waals surface area contributed by atoms with Crippen LogP contribution in [0, 0.1) is 0 Å². The second-order valence-corrected chi connectivity index (χ2v) is 9.91. The fraction of sp³-hybridized carbons (Fsp3) is 0.333. The lowest BCUT2D eigenvalue weighted by Crippen LogP contribution is -2.36. The van der Waals surface area contributed by atoms with Crippen molar-refractivity contribution in [3.05, 3.63) is 95.1 Å². The average Bonchev–Trinajstić information content (AvgIpc) is 3.72. The second-order valence-electron chi connectivity index (χ2n) is 9.91. The molecule has 1 saturated heterocycles. The Kier molecular flexibility index (Phi) is 8.21. The fourth-order valence-corrected chi connectivity index (χ4v) is 4.73. The van der Waals surface area contributed by atoms with Crippen molar-refractivity contribution in [2.24, 2.45) is 0 Å². The van der Waals surface area contributed by atoms with Crippen molar-refractivity contribution in [3.63, 3.8) is 0 Å². The van der Waals surface area contributed by atoms with Gasteiger partial charge in [-0.05, 0) is 60.2 Å². The summed E-state index contributed by atoms with van der Waals surface area (Å²) in [5, 5.41) is 9.31. The van der Waals surface area contributed by atoms with Crippen LogP contribution >= 0.6 is 0 Å². The van der Waals surface area contributed by atoms with Crippen LogP contribution in [-0.4, -0.2) is 37.3 Å². The maximum Gasteiger partial charge on any atom is 0.407 e. The normalized spacial score (nSPS) is 18.9. The molecular formula is C30H34N4O4. The number of nitrogens with one attached hydrogen (secondary N) is 3. The van der Waals surface area contributed by atoms with Crippen LogP contribution in [0.25, 0.3) is 0 Å². The van der Waals surface area contributed by atoms with E-state index in [1.165, 1.54) is 12.0 Å². The zero-order chi connectivity index (χ0) is 26.3. The first kappa shape index (κ1) is 25.8. The molecule has 0 aromatic heterocycles. The molecule has 1 heterocycles. The lowest BCUT2D eigenvalue weighted by atomic mass is 10.1. The maximum atomic E-state index is 12.5. The molecule has 38 heavy (non-hydrogen) atoms. The molecule has 3 aromatic carbocycles. The number of ether oxygens (including phenoxy) is 2. The van der Waals surface area contributed by atoms with Crippen LogP contribution in [0.4, 0.5) is 16.2 Å². The molecule has 8 heteroatoms. The number of amides is 2. The van der Waals surface area contributed by atoms with E-state index in [1.807, 2.05) is 24.3 Å². The first-order valence-corrected chi connectivity index (χ1v) is 13.1. The monoisotopic (exact) mass is 514 g/mol. The lowest BCUT2D eigenvalue weighted by Gasteiger charge is -2.23. The molecule has 5 rings (SSSR count). The number of nitrogens with two attached hydrogens (primary N) is 1. The lowest BCUT2D eigenvalue weighted by molar-refractivity contribution is 0.0774. The molecule has 1 unspecified atom stereocenters. The van der Waals surface area contributed by atoms with E-state index in [9.17, 15) is 9.59 Å². The predicted octanol–water partition coefficient (Wildman–Crippen LogP) is 4.57. The van der Waals surface area contributed by atoms with E-state index in [0.29, 0.717) is 41.5 Å². The van der Waals surface area contributed by atoms with Crippen molar-refractivity contribution in [1.82, 2.24) is 10.6 Å². The van der Waals surface area contributed by atoms with E-state index in [1.54, 1.807) is 36.4 Å². The van der Waals surface area contributed by atoms with Gasteiger partial charge in [0, 0.05) is 43.3 Å². The summed E-state index contributed by atoms with van der Waals surface area (Å²) in [6, 6.07) is 23.6. The van der Waals surface area contributed by atoms with Gasteiger partial charge in [-0.2, -0.15) is 0 Å². The van der Waals surface area contributed by atoms with Crippen LogP contribution in [-0.2, 0) is 22.6 Å². The minimum atomic E-state index is -0.488. The van der Waals surface area contributed by atoms with Gasteiger partial charge in [0.25, 0.3) is 5.91 Å². The molecule has 1 aliphatic heterocycles. The van der Waals surface area contributed by atoms with Crippen molar-refractivity contribution in [3.8, 4) is 0 Å². The molecule has 2 amide bonds. The topological polar surface area (TPSA) is 115 Å². The van der Waals surface area contributed by atoms with E-state index >= 15 is 0 Å². The maximum absolute atomic E-state index is 12.5. The quantitative estimate of drug-likeness (QED) is 0.311. The third-order valence-electron chi connectivity index (χ3n) is 7.10. The van der Waals surface area contributed by atoms with E-state index in [2.05, 4.69) is 28.1 Å². The highest BCUT2D eigenvalue weighted by Gasteiger charge is 2.39. The smallest absolute Gasteiger partial charge is 0.407 e. The van der Waals surface area contributed by atoms with Gasteiger partial charge < -0.3 is 31.2 Å². The molecule has 0 spiro atoms. The molecule has 2 fully saturated rings. The zero-order valence-corrected chi connectivity index (χ0v) is 21.3. The summed E-state index contributed by atoms with van der Waals surface area (Å²) in [6.07, 6.45) is 2.87. The Labute approximate surface area is 222 Å². The van der Waals surface area contributed by atoms with E-state index < -0.39 is 6.09 Å². The largest absolute Gasteiger partial charge is 0.445 e. The predicted molar refractivity (Wildman–Crippen MR) is 147 cm³/mol. The summed E-state index contributed by atoms with van der Waals surface area (Å²) in [5.74, 6) is 0.311. The number of carbonyl (C=O) groups is 2. The SMILES string of the molecule is Nc1ccccc1NC(=O)c1ccc(CNC(=O)OCc2ccc(C3C[C@@H]3NC3CCOCC3)cc2)cc1. The van der Waals surface area contributed by atoms with Crippen molar-refractivity contribution in [2.45, 2.75) is 50.4 Å². The molecule has 198 valence electrons. The van der Waals surface area contributed by atoms with Gasteiger partial charge in [0.15, 0.2) is 0 Å². The molecule has 2 aliphatic rings. The first-order chi connectivity index (χ1) is 18.5. The van der Waals surface area contributed by atoms with E-state index in [4.69, 9.17) is 15.2 Å². The number of benzene rings is 3. The summed E-state index contributed by atoms with van der Waals surface area (Å²) in [7, 11) is 0. The summed E-state index contributed by atoms with van der Waals surface area (Å²) in [5.41, 5.74) is 10.6. The van der Waals surface area contributed by atoms with Gasteiger partial charge in [0.2, 0.25) is 0 Å². The van der Waals surface area contributed by atoms with Gasteiger partial charge in [-0.3, -0.25) is 4.79 Å². The van der Waals surface area contributed by atoms with Gasteiger partial charge in [0.1, 0.15) is 6.61 Å². The number of rotatable bonds is 9. The second kappa shape index (κ2) is 12.1. The number of hydrogen-bond acceptors (Lipinski definition) is 6. The number of carbonyl (C=O) groups excluding carboxylic acids is 2. The van der Waals surface area contributed by atoms with Crippen molar-refractivity contribution < 1.29 is 19.1 Å². The van der Waals surface area contributed by atoms with Crippen molar-refractivity contribution in [1.29, 1.82) is 0 Å². The average molecular weight is 515 g/mol. The van der Waals surface area contributed by atoms with Crippen molar-refractivity contribution in [2.75, 3.05) is 24.3 Å². The highest BCUT2D eigenvalue weighted by molar-refractivity contribution is 6.05. The molecule has 5 N–H and O–H groups in total. The van der Waals surface area contributed by atoms with Gasteiger partial charge in [-0.1, -0.05) is 48.5 Å². The Morgan fingerprint density at radius 1 is 0.921 bits per heavy atom. The third kappa shape index (κ3) is 6.90. The summed E-state index contributed by atoms with van der Waals surface area (Å²) in [4.78, 5) is 24.6. The Bertz CT molecular complexity index is 1240. The molecule has 0 bridgehead atoms. The summed E-state index contributed by atoms with van der Waals surface area (Å²) in [6.45, 7) is 2.22. The van der Waals surface area contributed by atoms with Gasteiger partial charge in [-0.15, -0.1) is 0 Å². The van der Waals surface area contributed by atoms with Crippen LogP contribution in [0.3, 0.4) is 0 Å². The van der Waals surface area contributed by atoms with E-state index in [0.717, 1.165) is 37.2 Å². The molecule has 2 atom stereocenters. The van der Waals surface area contributed by atoms with E-state index in [-0.39, 0.29) is 12.5 Å². The Morgan fingerprint density at radius 2 is 1.63 bits per heavy atom. The number of alkyl carbamates (subject to hydrolysis) is 1. The minimum Gasteiger partial charge on any atom is -0.445 e. The Balaban J connectivity index is 1.02.